The van der Waals surface area contributed by atoms with Crippen molar-refractivity contribution in [3.05, 3.63) is 74.9 Å². The Kier molecular flexibility index (Phi) is 3.79. The number of aromatic nitrogens is 2. The number of rotatable bonds is 3. The van der Waals surface area contributed by atoms with Crippen molar-refractivity contribution in [1.82, 2.24) is 14.5 Å². The highest BCUT2D eigenvalue weighted by atomic mass is 79.9. The standard InChI is InChI=1S/C17H14BrN3OS/c18-14-3-1-2-13(6-14)16-17(22)20(8-12-4-5-23-10-12)9-15-7-19-11-21(15)16/h1-7,10-11,16H,8-9H2. The van der Waals surface area contributed by atoms with Gasteiger partial charge < -0.3 is 9.47 Å². The lowest BCUT2D eigenvalue weighted by Gasteiger charge is -2.34. The number of hydrogen-bond acceptors (Lipinski definition) is 3. The predicted molar refractivity (Wildman–Crippen MR) is 93.1 cm³/mol. The van der Waals surface area contributed by atoms with Crippen LogP contribution in [-0.4, -0.2) is 20.4 Å². The van der Waals surface area contributed by atoms with Gasteiger partial charge in [-0.1, -0.05) is 28.1 Å². The molecule has 4 rings (SSSR count). The fourth-order valence-electron chi connectivity index (χ4n) is 2.97. The van der Waals surface area contributed by atoms with Gasteiger partial charge in [-0.15, -0.1) is 0 Å². The van der Waals surface area contributed by atoms with Crippen molar-refractivity contribution in [3.63, 3.8) is 0 Å². The monoisotopic (exact) mass is 387 g/mol. The summed E-state index contributed by atoms with van der Waals surface area (Å²) >= 11 is 5.15. The number of fused-ring (bicyclic) bond motifs is 1. The van der Waals surface area contributed by atoms with Gasteiger partial charge in [0.25, 0.3) is 5.91 Å². The molecule has 3 aromatic rings. The lowest BCUT2D eigenvalue weighted by Crippen LogP contribution is -2.42. The molecule has 1 aromatic carbocycles. The highest BCUT2D eigenvalue weighted by Gasteiger charge is 2.34. The summed E-state index contributed by atoms with van der Waals surface area (Å²) in [5.41, 5.74) is 3.20. The summed E-state index contributed by atoms with van der Waals surface area (Å²) in [7, 11) is 0. The first-order chi connectivity index (χ1) is 11.2. The summed E-state index contributed by atoms with van der Waals surface area (Å²) in [5, 5.41) is 4.13. The van der Waals surface area contributed by atoms with Crippen molar-refractivity contribution in [1.29, 1.82) is 0 Å². The molecule has 6 heteroatoms. The molecule has 1 aliphatic heterocycles. The zero-order valence-electron chi connectivity index (χ0n) is 12.2. The third kappa shape index (κ3) is 2.72. The van der Waals surface area contributed by atoms with Crippen LogP contribution in [0, 0.1) is 0 Å². The average molecular weight is 388 g/mol. The van der Waals surface area contributed by atoms with Crippen LogP contribution in [0.25, 0.3) is 0 Å². The SMILES string of the molecule is O=C1C(c2cccc(Br)c2)n2cncc2CN1Cc1ccsc1. The van der Waals surface area contributed by atoms with E-state index >= 15 is 0 Å². The summed E-state index contributed by atoms with van der Waals surface area (Å²) in [6, 6.07) is 9.64. The first-order valence-electron chi connectivity index (χ1n) is 7.28. The molecule has 1 unspecified atom stereocenters. The molecular weight excluding hydrogens is 374 g/mol. The second-order valence-corrected chi connectivity index (χ2v) is 7.27. The number of carbonyl (C=O) groups is 1. The molecule has 3 heterocycles. The van der Waals surface area contributed by atoms with Crippen LogP contribution in [0.5, 0.6) is 0 Å². The summed E-state index contributed by atoms with van der Waals surface area (Å²) in [6.45, 7) is 1.23. The molecule has 0 fully saturated rings. The molecule has 0 N–H and O–H groups in total. The summed E-state index contributed by atoms with van der Waals surface area (Å²) in [4.78, 5) is 19.2. The molecule has 0 aliphatic carbocycles. The highest BCUT2D eigenvalue weighted by Crippen LogP contribution is 2.30. The average Bonchev–Trinajstić information content (AvgIpc) is 3.19. The molecule has 0 saturated carbocycles. The molecule has 116 valence electrons. The van der Waals surface area contributed by atoms with E-state index in [2.05, 4.69) is 32.4 Å². The summed E-state index contributed by atoms with van der Waals surface area (Å²) < 4.78 is 2.95. The number of benzene rings is 1. The van der Waals surface area contributed by atoms with E-state index in [1.54, 1.807) is 17.7 Å². The number of amides is 1. The van der Waals surface area contributed by atoms with E-state index in [0.717, 1.165) is 15.7 Å². The minimum Gasteiger partial charge on any atom is -0.330 e. The first-order valence-corrected chi connectivity index (χ1v) is 9.02. The summed E-state index contributed by atoms with van der Waals surface area (Å²) in [6.07, 6.45) is 3.60. The largest absolute Gasteiger partial charge is 0.330 e. The molecule has 0 saturated heterocycles. The maximum absolute atomic E-state index is 13.1. The molecule has 4 nitrogen and oxygen atoms in total. The Hall–Kier alpha value is -1.92. The van der Waals surface area contributed by atoms with Crippen LogP contribution >= 0.6 is 27.3 Å². The zero-order valence-corrected chi connectivity index (χ0v) is 14.6. The van der Waals surface area contributed by atoms with Crippen LogP contribution in [0.3, 0.4) is 0 Å². The van der Waals surface area contributed by atoms with Crippen LogP contribution in [0.1, 0.15) is 22.9 Å². The van der Waals surface area contributed by atoms with Crippen LogP contribution in [0.4, 0.5) is 0 Å². The second kappa shape index (κ2) is 5.94. The number of halogens is 1. The van der Waals surface area contributed by atoms with Crippen LogP contribution in [0.15, 0.2) is 58.1 Å². The van der Waals surface area contributed by atoms with Crippen molar-refractivity contribution in [2.24, 2.45) is 0 Å². The number of hydrogen-bond donors (Lipinski definition) is 0. The number of imidazole rings is 1. The van der Waals surface area contributed by atoms with Gasteiger partial charge in [-0.05, 0) is 40.1 Å². The van der Waals surface area contributed by atoms with Crippen molar-refractivity contribution in [2.45, 2.75) is 19.1 Å². The van der Waals surface area contributed by atoms with Crippen molar-refractivity contribution in [3.8, 4) is 0 Å². The molecule has 1 aliphatic rings. The minimum atomic E-state index is -0.350. The van der Waals surface area contributed by atoms with Crippen LogP contribution in [0.2, 0.25) is 0 Å². The Morgan fingerprint density at radius 1 is 1.35 bits per heavy atom. The van der Waals surface area contributed by atoms with E-state index in [9.17, 15) is 4.79 Å². The van der Waals surface area contributed by atoms with E-state index in [1.165, 1.54) is 5.56 Å². The van der Waals surface area contributed by atoms with Crippen molar-refractivity contribution < 1.29 is 4.79 Å². The van der Waals surface area contributed by atoms with Gasteiger partial charge >= 0.3 is 0 Å². The predicted octanol–water partition coefficient (Wildman–Crippen LogP) is 3.84. The van der Waals surface area contributed by atoms with Gasteiger partial charge in [0.05, 0.1) is 18.6 Å². The van der Waals surface area contributed by atoms with Gasteiger partial charge in [-0.3, -0.25) is 4.79 Å². The van der Waals surface area contributed by atoms with Gasteiger partial charge in [0.15, 0.2) is 0 Å². The second-order valence-electron chi connectivity index (χ2n) is 5.58. The van der Waals surface area contributed by atoms with Gasteiger partial charge in [-0.2, -0.15) is 11.3 Å². The third-order valence-electron chi connectivity index (χ3n) is 4.04. The van der Waals surface area contributed by atoms with Crippen molar-refractivity contribution in [2.75, 3.05) is 0 Å². The Balaban J connectivity index is 1.74. The van der Waals surface area contributed by atoms with E-state index in [0.29, 0.717) is 13.1 Å². The summed E-state index contributed by atoms with van der Waals surface area (Å²) in [5.74, 6) is 0.111. The number of nitrogens with zero attached hydrogens (tertiary/aromatic N) is 3. The lowest BCUT2D eigenvalue weighted by atomic mass is 10.0. The van der Waals surface area contributed by atoms with E-state index in [1.807, 2.05) is 45.3 Å². The molecular formula is C17H14BrN3OS. The topological polar surface area (TPSA) is 38.1 Å². The van der Waals surface area contributed by atoms with E-state index in [4.69, 9.17) is 0 Å². The molecule has 1 atom stereocenters. The Labute approximate surface area is 146 Å². The van der Waals surface area contributed by atoms with E-state index < -0.39 is 0 Å². The maximum atomic E-state index is 13.1. The molecule has 0 bridgehead atoms. The fraction of sp³-hybridized carbons (Fsp3) is 0.176. The van der Waals surface area contributed by atoms with Crippen molar-refractivity contribution >= 4 is 33.2 Å². The number of thiophene rings is 1. The normalized spacial score (nSPS) is 17.3. The van der Waals surface area contributed by atoms with Gasteiger partial charge in [-0.25, -0.2) is 4.98 Å². The molecule has 0 spiro atoms. The quantitative estimate of drug-likeness (QED) is 0.684. The Morgan fingerprint density at radius 3 is 3.04 bits per heavy atom. The maximum Gasteiger partial charge on any atom is 0.250 e. The minimum absolute atomic E-state index is 0.111. The van der Waals surface area contributed by atoms with E-state index in [-0.39, 0.29) is 11.9 Å². The Bertz CT molecular complexity index is 843. The lowest BCUT2D eigenvalue weighted by molar-refractivity contribution is -0.136. The molecule has 1 amide bonds. The zero-order chi connectivity index (χ0) is 15.8. The fourth-order valence-corrected chi connectivity index (χ4v) is 4.05. The van der Waals surface area contributed by atoms with Crippen LogP contribution < -0.4 is 0 Å². The smallest absolute Gasteiger partial charge is 0.250 e. The molecule has 2 aromatic heterocycles. The van der Waals surface area contributed by atoms with Gasteiger partial charge in [0, 0.05) is 17.2 Å². The number of carbonyl (C=O) groups excluding carboxylic acids is 1. The van der Waals surface area contributed by atoms with Crippen LogP contribution in [-0.2, 0) is 17.9 Å². The first kappa shape index (κ1) is 14.7. The third-order valence-corrected chi connectivity index (χ3v) is 5.27. The molecule has 0 radical (unpaired) electrons. The van der Waals surface area contributed by atoms with Gasteiger partial charge in [0.1, 0.15) is 6.04 Å². The highest BCUT2D eigenvalue weighted by molar-refractivity contribution is 9.10. The molecule has 23 heavy (non-hydrogen) atoms. The Morgan fingerprint density at radius 2 is 2.26 bits per heavy atom. The van der Waals surface area contributed by atoms with Gasteiger partial charge in [0.2, 0.25) is 0 Å².